The first-order chi connectivity index (χ1) is 41.7. The van der Waals surface area contributed by atoms with Gasteiger partial charge in [-0.15, -0.1) is 0 Å². The van der Waals surface area contributed by atoms with Crippen LogP contribution in [0, 0.1) is 23.7 Å². The van der Waals surface area contributed by atoms with Crippen LogP contribution in [-0.4, -0.2) is 127 Å². The number of likely N-dealkylation sites (N-methyl/N-ethyl adjacent to an activating group) is 1. The molecule has 7 amide bonds. The summed E-state index contributed by atoms with van der Waals surface area (Å²) in [7, 11) is 1.73. The Morgan fingerprint density at radius 2 is 1.00 bits per heavy atom. The molecule has 4 aromatic rings. The number of para-hydroxylation sites is 2. The van der Waals surface area contributed by atoms with Crippen molar-refractivity contribution in [3.63, 3.8) is 0 Å². The van der Waals surface area contributed by atoms with E-state index in [9.17, 15) is 38.4 Å². The average molecular weight is 1180 g/mol. The molecule has 4 aromatic carbocycles. The molecular weight excluding hydrogens is 1090 g/mol. The van der Waals surface area contributed by atoms with Gasteiger partial charge in [-0.05, 0) is 118 Å². The van der Waals surface area contributed by atoms with Gasteiger partial charge in [-0.2, -0.15) is 0 Å². The number of ether oxygens (including phenoxy) is 2. The normalized spacial score (nSPS) is 23.6. The quantitative estimate of drug-likeness (QED) is 0.0498. The van der Waals surface area contributed by atoms with E-state index in [-0.39, 0.29) is 109 Å². The van der Waals surface area contributed by atoms with E-state index in [1.54, 1.807) is 48.0 Å². The predicted molar refractivity (Wildman–Crippen MR) is 326 cm³/mol. The van der Waals surface area contributed by atoms with Crippen LogP contribution < -0.4 is 41.4 Å². The maximum Gasteiger partial charge on any atom is 0.251 e. The topological polar surface area (TPSA) is 234 Å². The highest BCUT2D eigenvalue weighted by Gasteiger charge is 2.47. The Bertz CT molecular complexity index is 2880. The van der Waals surface area contributed by atoms with Crippen LogP contribution in [0.15, 0.2) is 97.1 Å². The van der Waals surface area contributed by atoms with E-state index < -0.39 is 42.2 Å². The van der Waals surface area contributed by atoms with Crippen molar-refractivity contribution in [1.29, 1.82) is 0 Å². The molecule has 2 aliphatic carbocycles. The predicted octanol–water partition coefficient (Wildman–Crippen LogP) is 7.91. The van der Waals surface area contributed by atoms with Gasteiger partial charge < -0.3 is 51.2 Å². The Balaban J connectivity index is 0.808. The highest BCUT2D eigenvalue weighted by Crippen LogP contribution is 2.38. The summed E-state index contributed by atoms with van der Waals surface area (Å²) >= 11 is 0. The number of carbonyl (C=O) groups is 8. The summed E-state index contributed by atoms with van der Waals surface area (Å²) in [5.41, 5.74) is 4.09. The molecule has 4 fully saturated rings. The van der Waals surface area contributed by atoms with Crippen LogP contribution in [0.25, 0.3) is 11.1 Å². The second-order valence-corrected chi connectivity index (χ2v) is 24.8. The minimum Gasteiger partial charge on any atom is -0.493 e. The Kier molecular flexibility index (Phi) is 20.2. The molecule has 4 aliphatic heterocycles. The zero-order chi connectivity index (χ0) is 60.4. The van der Waals surface area contributed by atoms with Crippen LogP contribution in [0.4, 0.5) is 0 Å². The van der Waals surface area contributed by atoms with Crippen molar-refractivity contribution >= 4 is 47.1 Å². The molecule has 10 atom stereocenters. The summed E-state index contributed by atoms with van der Waals surface area (Å²) in [6.45, 7) is 6.65. The molecule has 4 heterocycles. The maximum atomic E-state index is 15.0. The number of ketones is 1. The van der Waals surface area contributed by atoms with E-state index in [4.69, 9.17) is 9.47 Å². The lowest BCUT2D eigenvalue weighted by molar-refractivity contribution is -0.145. The molecule has 86 heavy (non-hydrogen) atoms. The molecule has 18 nitrogen and oxygen atoms in total. The minimum absolute atomic E-state index is 0.00999. The second-order valence-electron chi connectivity index (χ2n) is 24.8. The number of hydrogen-bond acceptors (Lipinski definition) is 11. The van der Waals surface area contributed by atoms with E-state index in [1.165, 1.54) is 0 Å². The van der Waals surface area contributed by atoms with Gasteiger partial charge in [0.15, 0.2) is 0 Å². The molecule has 2 saturated carbocycles. The summed E-state index contributed by atoms with van der Waals surface area (Å²) in [6.07, 6.45) is 11.4. The molecule has 10 rings (SSSR count). The number of fused-ring (bicyclic) bond motifs is 2. The molecule has 6 aliphatic rings. The first-order valence-electron chi connectivity index (χ1n) is 31.7. The number of Topliss-reactive ketones (excluding diaryl/α,β-unsaturated/α-hetero) is 1. The number of benzene rings is 4. The molecule has 0 aromatic heterocycles. The highest BCUT2D eigenvalue weighted by atomic mass is 16.5. The molecule has 6 N–H and O–H groups in total. The fourth-order valence-corrected chi connectivity index (χ4v) is 13.8. The van der Waals surface area contributed by atoms with E-state index >= 15 is 0 Å². The molecule has 2 saturated heterocycles. The average Bonchev–Trinajstić information content (AvgIpc) is 3.16. The molecule has 0 unspecified atom stereocenters. The summed E-state index contributed by atoms with van der Waals surface area (Å²) in [5.74, 6) is -1.66. The Hall–Kier alpha value is -7.60. The standard InChI is InChI=1S/C68H86N8O10/c1-5-41(2)62(78)74-61(46-18-10-7-11-19-46)68(84)76-40-50(37-57(76)66(82)73-55-33-35-86-60-23-15-13-21-52(55)60)71-64(80)48-30-26-44(27-31-48)43-24-28-47(29-25-43)63(79)70-49-36-56(65(81)72-54-32-34-85-59-22-14-12-20-51(54)59)75(39-49)67(83)53(38-58(77)42(3)69-4)45-16-8-6-9-17-45/h12-15,20-31,41-42,45-46,49-50,53-57,61,69H,5-11,16-19,32-40H2,1-4H3,(H,70,79)(H,71,80)(H,72,81)(H,73,82)(H,74,78)/t41-,42+,49+,50+,53+,54-,55-,56+,57+,61+/m1/s1. The summed E-state index contributed by atoms with van der Waals surface area (Å²) < 4.78 is 11.8. The Labute approximate surface area is 505 Å². The van der Waals surface area contributed by atoms with Crippen LogP contribution in [0.5, 0.6) is 11.5 Å². The van der Waals surface area contributed by atoms with E-state index in [0.717, 1.165) is 86.5 Å². The molecule has 0 radical (unpaired) electrons. The van der Waals surface area contributed by atoms with Gasteiger partial charge in [0.2, 0.25) is 29.5 Å². The lowest BCUT2D eigenvalue weighted by Crippen LogP contribution is -2.57. The summed E-state index contributed by atoms with van der Waals surface area (Å²) in [6, 6.07) is 24.6. The lowest BCUT2D eigenvalue weighted by Gasteiger charge is -2.35. The van der Waals surface area contributed by atoms with Crippen molar-refractivity contribution in [2.75, 3.05) is 33.4 Å². The Morgan fingerprint density at radius 3 is 1.47 bits per heavy atom. The van der Waals surface area contributed by atoms with Gasteiger partial charge in [0.1, 0.15) is 35.4 Å². The van der Waals surface area contributed by atoms with Gasteiger partial charge in [-0.25, -0.2) is 0 Å². The van der Waals surface area contributed by atoms with Crippen LogP contribution >= 0.6 is 0 Å². The number of nitrogens with zero attached hydrogens (tertiary/aromatic N) is 2. The second kappa shape index (κ2) is 28.3. The summed E-state index contributed by atoms with van der Waals surface area (Å²) in [4.78, 5) is 117. The smallest absolute Gasteiger partial charge is 0.251 e. The van der Waals surface area contributed by atoms with Crippen molar-refractivity contribution < 1.29 is 47.8 Å². The van der Waals surface area contributed by atoms with Crippen molar-refractivity contribution in [3.05, 3.63) is 119 Å². The van der Waals surface area contributed by atoms with Crippen LogP contribution in [-0.2, 0) is 28.8 Å². The third-order valence-electron chi connectivity index (χ3n) is 19.2. The fourth-order valence-electron chi connectivity index (χ4n) is 13.8. The van der Waals surface area contributed by atoms with Crippen molar-refractivity contribution in [1.82, 2.24) is 41.7 Å². The first-order valence-corrected chi connectivity index (χ1v) is 31.7. The number of hydrogen-bond donors (Lipinski definition) is 6. The minimum atomic E-state index is -0.900. The number of rotatable bonds is 20. The molecular formula is C68H86N8O10. The number of carbonyl (C=O) groups excluding carboxylic acids is 8. The largest absolute Gasteiger partial charge is 0.493 e. The third-order valence-corrected chi connectivity index (χ3v) is 19.2. The molecule has 0 bridgehead atoms. The molecule has 458 valence electrons. The van der Waals surface area contributed by atoms with E-state index in [1.807, 2.05) is 86.6 Å². The number of nitrogens with one attached hydrogen (secondary N) is 6. The van der Waals surface area contributed by atoms with E-state index in [0.29, 0.717) is 55.1 Å². The maximum absolute atomic E-state index is 15.0. The first kappa shape index (κ1) is 61.5. The van der Waals surface area contributed by atoms with Gasteiger partial charge in [0, 0.05) is 78.5 Å². The molecule has 0 spiro atoms. The van der Waals surface area contributed by atoms with Crippen LogP contribution in [0.2, 0.25) is 0 Å². The van der Waals surface area contributed by atoms with Gasteiger partial charge in [0.25, 0.3) is 11.8 Å². The van der Waals surface area contributed by atoms with Gasteiger partial charge >= 0.3 is 0 Å². The van der Waals surface area contributed by atoms with Crippen molar-refractivity contribution in [2.24, 2.45) is 23.7 Å². The van der Waals surface area contributed by atoms with Gasteiger partial charge in [-0.1, -0.05) is 113 Å². The van der Waals surface area contributed by atoms with Crippen molar-refractivity contribution in [2.45, 2.75) is 172 Å². The monoisotopic (exact) mass is 1170 g/mol. The Morgan fingerprint density at radius 1 is 0.547 bits per heavy atom. The zero-order valence-corrected chi connectivity index (χ0v) is 50.3. The molecule has 18 heteroatoms. The van der Waals surface area contributed by atoms with Crippen molar-refractivity contribution in [3.8, 4) is 22.6 Å². The summed E-state index contributed by atoms with van der Waals surface area (Å²) in [5, 5.41) is 18.8. The van der Waals surface area contributed by atoms with Gasteiger partial charge in [0.05, 0.1) is 31.3 Å². The van der Waals surface area contributed by atoms with Crippen LogP contribution in [0.1, 0.15) is 167 Å². The third kappa shape index (κ3) is 14.3. The fraction of sp³-hybridized carbons (Fsp3) is 0.529. The SMILES string of the molecule is CC[C@@H](C)C(=O)N[C@H](C(=O)N1C[C@@H](NC(=O)c2ccc(-c3ccc(C(=O)N[C@H]4C[C@@H](C(=O)N[C@@H]5CCOc6ccccc65)N(C(=O)[C@@H](CC(=O)[C@H](C)NC)C5CCCCC5)C4)cc3)cc2)C[C@H]1C(=O)N[C@@H]1CCOc2ccccc21)C1CCCCC1. The zero-order valence-electron chi connectivity index (χ0n) is 50.3. The van der Waals surface area contributed by atoms with Gasteiger partial charge in [-0.3, -0.25) is 38.4 Å². The van der Waals surface area contributed by atoms with E-state index in [2.05, 4.69) is 31.9 Å². The van der Waals surface area contributed by atoms with Crippen LogP contribution in [0.3, 0.4) is 0 Å². The highest BCUT2D eigenvalue weighted by molar-refractivity contribution is 5.98. The lowest BCUT2D eigenvalue weighted by atomic mass is 9.76. The number of amides is 7. The number of likely N-dealkylation sites (tertiary alicyclic amines) is 2.